The van der Waals surface area contributed by atoms with Crippen LogP contribution in [0.1, 0.15) is 42.6 Å². The minimum Gasteiger partial charge on any atom is -0.366 e. The Morgan fingerprint density at radius 1 is 1.35 bits per heavy atom. The Morgan fingerprint density at radius 3 is 2.65 bits per heavy atom. The molecule has 1 aromatic rings. The van der Waals surface area contributed by atoms with Crippen molar-refractivity contribution in [3.8, 4) is 0 Å². The highest BCUT2D eigenvalue weighted by molar-refractivity contribution is 5.92. The molecule has 2 amide bonds. The number of hydrogen-bond acceptors (Lipinski definition) is 3. The highest BCUT2D eigenvalue weighted by Gasteiger charge is 2.26. The van der Waals surface area contributed by atoms with E-state index in [-0.39, 0.29) is 5.91 Å². The molecule has 1 atom stereocenters. The zero-order valence-electron chi connectivity index (χ0n) is 12.1. The standard InChI is InChI=1S/C15H23N3O2/c1-3-8-15(2,17)14(20)18-9-7-11-5-4-6-12(10-11)13(16)19/h4-6,10H,3,7-9,17H2,1-2H3,(H2,16,19)(H,18,20). The number of primary amides is 1. The predicted molar refractivity (Wildman–Crippen MR) is 79.2 cm³/mol. The van der Waals surface area contributed by atoms with Crippen LogP contribution in [0.25, 0.3) is 0 Å². The first kappa shape index (κ1) is 16.2. The number of benzene rings is 1. The molecule has 1 aromatic carbocycles. The summed E-state index contributed by atoms with van der Waals surface area (Å²) in [5.41, 5.74) is 11.8. The lowest BCUT2D eigenvalue weighted by Gasteiger charge is -2.22. The predicted octanol–water partition coefficient (Wildman–Crippen LogP) is 0.962. The Labute approximate surface area is 119 Å². The number of rotatable bonds is 7. The molecule has 5 N–H and O–H groups in total. The maximum Gasteiger partial charge on any atom is 0.248 e. The van der Waals surface area contributed by atoms with Crippen molar-refractivity contribution in [3.63, 3.8) is 0 Å². The van der Waals surface area contributed by atoms with E-state index in [4.69, 9.17) is 11.5 Å². The van der Waals surface area contributed by atoms with Crippen LogP contribution in [0.3, 0.4) is 0 Å². The van der Waals surface area contributed by atoms with Gasteiger partial charge in [0.1, 0.15) is 0 Å². The van der Waals surface area contributed by atoms with Crippen LogP contribution in [-0.4, -0.2) is 23.9 Å². The quantitative estimate of drug-likeness (QED) is 0.692. The van der Waals surface area contributed by atoms with Crippen LogP contribution >= 0.6 is 0 Å². The van der Waals surface area contributed by atoms with Crippen LogP contribution in [-0.2, 0) is 11.2 Å². The van der Waals surface area contributed by atoms with Gasteiger partial charge in [-0.2, -0.15) is 0 Å². The summed E-state index contributed by atoms with van der Waals surface area (Å²) in [5, 5.41) is 2.82. The van der Waals surface area contributed by atoms with Crippen molar-refractivity contribution in [1.82, 2.24) is 5.32 Å². The van der Waals surface area contributed by atoms with Gasteiger partial charge in [0, 0.05) is 12.1 Å². The Hall–Kier alpha value is -1.88. The van der Waals surface area contributed by atoms with E-state index in [1.165, 1.54) is 0 Å². The number of hydrogen-bond donors (Lipinski definition) is 3. The average molecular weight is 277 g/mol. The van der Waals surface area contributed by atoms with Crippen molar-refractivity contribution in [2.75, 3.05) is 6.54 Å². The van der Waals surface area contributed by atoms with Gasteiger partial charge < -0.3 is 16.8 Å². The molecule has 0 spiro atoms. The van der Waals surface area contributed by atoms with Gasteiger partial charge in [0.25, 0.3) is 0 Å². The van der Waals surface area contributed by atoms with Crippen molar-refractivity contribution in [3.05, 3.63) is 35.4 Å². The van der Waals surface area contributed by atoms with Gasteiger partial charge in [-0.25, -0.2) is 0 Å². The second kappa shape index (κ2) is 7.05. The van der Waals surface area contributed by atoms with E-state index in [0.717, 1.165) is 12.0 Å². The summed E-state index contributed by atoms with van der Waals surface area (Å²) in [6.07, 6.45) is 2.14. The van der Waals surface area contributed by atoms with E-state index in [0.29, 0.717) is 24.9 Å². The normalized spacial score (nSPS) is 13.6. The molecule has 0 heterocycles. The van der Waals surface area contributed by atoms with Crippen LogP contribution in [0.4, 0.5) is 0 Å². The molecule has 5 heteroatoms. The van der Waals surface area contributed by atoms with Crippen LogP contribution in [0, 0.1) is 0 Å². The van der Waals surface area contributed by atoms with Gasteiger partial charge in [-0.3, -0.25) is 9.59 Å². The Kier molecular flexibility index (Phi) is 5.70. The number of carbonyl (C=O) groups excluding carboxylic acids is 2. The molecular weight excluding hydrogens is 254 g/mol. The Morgan fingerprint density at radius 2 is 2.05 bits per heavy atom. The van der Waals surface area contributed by atoms with Gasteiger partial charge in [-0.05, 0) is 37.5 Å². The van der Waals surface area contributed by atoms with Crippen molar-refractivity contribution in [1.29, 1.82) is 0 Å². The lowest BCUT2D eigenvalue weighted by Crippen LogP contribution is -2.51. The molecular formula is C15H23N3O2. The maximum atomic E-state index is 11.9. The van der Waals surface area contributed by atoms with Crippen LogP contribution in [0.15, 0.2) is 24.3 Å². The fraction of sp³-hybridized carbons (Fsp3) is 0.467. The molecule has 0 fully saturated rings. The number of nitrogens with two attached hydrogens (primary N) is 2. The Bertz CT molecular complexity index is 484. The van der Waals surface area contributed by atoms with Gasteiger partial charge >= 0.3 is 0 Å². The summed E-state index contributed by atoms with van der Waals surface area (Å²) in [6, 6.07) is 7.08. The van der Waals surface area contributed by atoms with E-state index in [1.807, 2.05) is 13.0 Å². The third kappa shape index (κ3) is 4.66. The highest BCUT2D eigenvalue weighted by Crippen LogP contribution is 2.09. The molecule has 110 valence electrons. The van der Waals surface area contributed by atoms with Gasteiger partial charge in [-0.15, -0.1) is 0 Å². The topological polar surface area (TPSA) is 98.2 Å². The van der Waals surface area contributed by atoms with Gasteiger partial charge in [0.2, 0.25) is 11.8 Å². The third-order valence-corrected chi connectivity index (χ3v) is 3.20. The van der Waals surface area contributed by atoms with E-state index in [2.05, 4.69) is 5.32 Å². The minimum atomic E-state index is -0.830. The molecule has 20 heavy (non-hydrogen) atoms. The van der Waals surface area contributed by atoms with E-state index < -0.39 is 11.4 Å². The first-order valence-electron chi connectivity index (χ1n) is 6.82. The minimum absolute atomic E-state index is 0.148. The van der Waals surface area contributed by atoms with Crippen molar-refractivity contribution < 1.29 is 9.59 Å². The highest BCUT2D eigenvalue weighted by atomic mass is 16.2. The smallest absolute Gasteiger partial charge is 0.248 e. The molecule has 0 bridgehead atoms. The Balaban J connectivity index is 2.50. The second-order valence-corrected chi connectivity index (χ2v) is 5.24. The number of carbonyl (C=O) groups is 2. The maximum absolute atomic E-state index is 11.9. The molecule has 0 radical (unpaired) electrons. The van der Waals surface area contributed by atoms with E-state index >= 15 is 0 Å². The van der Waals surface area contributed by atoms with Gasteiger partial charge in [-0.1, -0.05) is 25.5 Å². The van der Waals surface area contributed by atoms with E-state index in [9.17, 15) is 9.59 Å². The van der Waals surface area contributed by atoms with Gasteiger partial charge in [0.05, 0.1) is 5.54 Å². The molecule has 0 aliphatic carbocycles. The molecule has 1 rings (SSSR count). The second-order valence-electron chi connectivity index (χ2n) is 5.24. The molecule has 0 aliphatic heterocycles. The molecule has 0 saturated heterocycles. The summed E-state index contributed by atoms with van der Waals surface area (Å²) < 4.78 is 0. The first-order chi connectivity index (χ1) is 9.36. The SMILES string of the molecule is CCCC(C)(N)C(=O)NCCc1cccc(C(N)=O)c1. The van der Waals surface area contributed by atoms with Crippen LogP contribution in [0.2, 0.25) is 0 Å². The fourth-order valence-electron chi connectivity index (χ4n) is 2.04. The molecule has 0 aliphatic rings. The number of amides is 2. The molecule has 0 saturated carbocycles. The van der Waals surface area contributed by atoms with Crippen molar-refractivity contribution in [2.24, 2.45) is 11.5 Å². The number of nitrogens with one attached hydrogen (secondary N) is 1. The van der Waals surface area contributed by atoms with E-state index in [1.54, 1.807) is 25.1 Å². The zero-order chi connectivity index (χ0) is 15.2. The lowest BCUT2D eigenvalue weighted by atomic mass is 9.96. The van der Waals surface area contributed by atoms with Crippen molar-refractivity contribution >= 4 is 11.8 Å². The first-order valence-corrected chi connectivity index (χ1v) is 6.82. The van der Waals surface area contributed by atoms with Crippen LogP contribution < -0.4 is 16.8 Å². The summed E-state index contributed by atoms with van der Waals surface area (Å²) in [7, 11) is 0. The monoisotopic (exact) mass is 277 g/mol. The summed E-state index contributed by atoms with van der Waals surface area (Å²) in [5.74, 6) is -0.598. The van der Waals surface area contributed by atoms with Crippen molar-refractivity contribution in [2.45, 2.75) is 38.6 Å². The summed E-state index contributed by atoms with van der Waals surface area (Å²) >= 11 is 0. The average Bonchev–Trinajstić information content (AvgIpc) is 2.38. The molecule has 1 unspecified atom stereocenters. The third-order valence-electron chi connectivity index (χ3n) is 3.20. The fourth-order valence-corrected chi connectivity index (χ4v) is 2.04. The molecule has 0 aromatic heterocycles. The summed E-state index contributed by atoms with van der Waals surface area (Å²) in [6.45, 7) is 4.21. The van der Waals surface area contributed by atoms with Crippen LogP contribution in [0.5, 0.6) is 0 Å². The molecule has 5 nitrogen and oxygen atoms in total. The van der Waals surface area contributed by atoms with Gasteiger partial charge in [0.15, 0.2) is 0 Å². The zero-order valence-corrected chi connectivity index (χ0v) is 12.1. The summed E-state index contributed by atoms with van der Waals surface area (Å²) in [4.78, 5) is 23.0. The lowest BCUT2D eigenvalue weighted by molar-refractivity contribution is -0.126. The largest absolute Gasteiger partial charge is 0.366 e.